The van der Waals surface area contributed by atoms with Gasteiger partial charge in [0.2, 0.25) is 0 Å². The molecule has 1 aromatic carbocycles. The van der Waals surface area contributed by atoms with Gasteiger partial charge in [0.05, 0.1) is 17.3 Å². The van der Waals surface area contributed by atoms with E-state index in [9.17, 15) is 5.11 Å². The average molecular weight is 495 g/mol. The Labute approximate surface area is 217 Å². The second kappa shape index (κ2) is 9.72. The smallest absolute Gasteiger partial charge is 0.150 e. The van der Waals surface area contributed by atoms with Crippen LogP contribution in [0.15, 0.2) is 61.0 Å². The lowest BCUT2D eigenvalue weighted by Crippen LogP contribution is -2.48. The van der Waals surface area contributed by atoms with E-state index < -0.39 is 0 Å². The van der Waals surface area contributed by atoms with Gasteiger partial charge in [0.1, 0.15) is 22.9 Å². The third-order valence-electron chi connectivity index (χ3n) is 8.02. The molecule has 0 radical (unpaired) electrons. The number of allylic oxidation sites excluding steroid dienone is 4. The van der Waals surface area contributed by atoms with Crippen LogP contribution in [0.5, 0.6) is 0 Å². The second-order valence-corrected chi connectivity index (χ2v) is 10.3. The number of anilines is 1. The molecule has 2 fully saturated rings. The van der Waals surface area contributed by atoms with Gasteiger partial charge in [-0.15, -0.1) is 0 Å². The van der Waals surface area contributed by atoms with Crippen molar-refractivity contribution in [3.05, 3.63) is 72.5 Å². The normalized spacial score (nSPS) is 21.8. The third-order valence-corrected chi connectivity index (χ3v) is 8.02. The van der Waals surface area contributed by atoms with Crippen LogP contribution in [-0.4, -0.2) is 54.6 Å². The van der Waals surface area contributed by atoms with Gasteiger partial charge in [-0.2, -0.15) is 0 Å². The third kappa shape index (κ3) is 4.32. The highest BCUT2D eigenvalue weighted by molar-refractivity contribution is 5.91. The topological polar surface area (TPSA) is 92.6 Å². The summed E-state index contributed by atoms with van der Waals surface area (Å²) in [5, 5.41) is 11.0. The maximum Gasteiger partial charge on any atom is 0.150 e. The van der Waals surface area contributed by atoms with Crippen LogP contribution < -0.4 is 5.73 Å². The summed E-state index contributed by atoms with van der Waals surface area (Å²) in [4.78, 5) is 17.1. The maximum atomic E-state index is 9.86. The average Bonchev–Trinajstić information content (AvgIpc) is 3.27. The number of fused-ring (bicyclic) bond motifs is 2. The number of pyridine rings is 1. The van der Waals surface area contributed by atoms with Gasteiger partial charge >= 0.3 is 0 Å². The monoisotopic (exact) mass is 494 g/mol. The number of likely N-dealkylation sites (tertiary alicyclic amines) is 1. The Kier molecular flexibility index (Phi) is 6.26. The minimum atomic E-state index is -0.137. The minimum absolute atomic E-state index is 0.137. The molecule has 1 aliphatic heterocycles. The van der Waals surface area contributed by atoms with Crippen LogP contribution in [0.3, 0.4) is 0 Å². The number of rotatable bonds is 5. The fraction of sp³-hybridized carbons (Fsp3) is 0.367. The summed E-state index contributed by atoms with van der Waals surface area (Å²) in [6.07, 6.45) is 13.7. The van der Waals surface area contributed by atoms with E-state index in [0.29, 0.717) is 17.8 Å². The largest absolute Gasteiger partial charge is 0.393 e. The van der Waals surface area contributed by atoms with Crippen molar-refractivity contribution < 1.29 is 5.11 Å². The zero-order valence-electron chi connectivity index (χ0n) is 21.5. The number of nitrogens with two attached hydrogens (primary N) is 1. The lowest BCUT2D eigenvalue weighted by atomic mass is 9.78. The molecule has 0 spiro atoms. The molecule has 4 heterocycles. The molecule has 1 saturated heterocycles. The van der Waals surface area contributed by atoms with E-state index in [0.717, 1.165) is 83.5 Å². The molecule has 0 bridgehead atoms. The molecule has 0 amide bonds. The standard InChI is InChI=1S/C30H34N6O/c1-3-5-19(4-2)25-9-8-20-6-7-21(18-26(20)33-25)27-28-29(31)32-12-15-36(28)30(34-27)22-16-23(17-22)35-13-10-24(37)11-14-35/h3-9,12,15,18,22-24,37H,10-11,13-14,16-17H2,1-2H3,(H2,31,32)/b5-3-,19-4+. The van der Waals surface area contributed by atoms with E-state index in [2.05, 4.69) is 56.8 Å². The Morgan fingerprint density at radius 3 is 2.62 bits per heavy atom. The van der Waals surface area contributed by atoms with Crippen LogP contribution in [0.25, 0.3) is 33.3 Å². The molecule has 190 valence electrons. The van der Waals surface area contributed by atoms with Crippen LogP contribution in [0.2, 0.25) is 0 Å². The number of nitrogens with zero attached hydrogens (tertiary/aromatic N) is 5. The Hall–Kier alpha value is -3.55. The number of nitrogen functional groups attached to an aromatic ring is 1. The number of piperidine rings is 1. The molecular formula is C30H34N6O. The fourth-order valence-electron chi connectivity index (χ4n) is 5.86. The quantitative estimate of drug-likeness (QED) is 0.370. The predicted molar refractivity (Wildman–Crippen MR) is 149 cm³/mol. The first-order chi connectivity index (χ1) is 18.1. The van der Waals surface area contributed by atoms with E-state index in [1.807, 2.05) is 26.1 Å². The first-order valence-electron chi connectivity index (χ1n) is 13.3. The van der Waals surface area contributed by atoms with Crippen LogP contribution in [-0.2, 0) is 0 Å². The van der Waals surface area contributed by atoms with Crippen molar-refractivity contribution in [2.45, 2.75) is 57.6 Å². The van der Waals surface area contributed by atoms with Crippen LogP contribution in [0.1, 0.15) is 57.0 Å². The van der Waals surface area contributed by atoms with Gasteiger partial charge in [0, 0.05) is 48.4 Å². The number of hydrogen-bond donors (Lipinski definition) is 2. The van der Waals surface area contributed by atoms with E-state index in [1.165, 1.54) is 0 Å². The summed E-state index contributed by atoms with van der Waals surface area (Å²) in [5.41, 5.74) is 12.1. The summed E-state index contributed by atoms with van der Waals surface area (Å²) in [5.74, 6) is 1.92. The number of hydrogen-bond acceptors (Lipinski definition) is 6. The Morgan fingerprint density at radius 1 is 1.08 bits per heavy atom. The van der Waals surface area contributed by atoms with Crippen molar-refractivity contribution >= 4 is 27.8 Å². The van der Waals surface area contributed by atoms with Crippen molar-refractivity contribution in [1.29, 1.82) is 0 Å². The lowest BCUT2D eigenvalue weighted by molar-refractivity contribution is 0.0301. The Balaban J connectivity index is 1.35. The highest BCUT2D eigenvalue weighted by atomic mass is 16.3. The Bertz CT molecular complexity index is 1510. The van der Waals surface area contributed by atoms with Gasteiger partial charge in [-0.1, -0.05) is 36.4 Å². The number of aromatic nitrogens is 4. The molecule has 3 aromatic heterocycles. The molecule has 2 aliphatic rings. The minimum Gasteiger partial charge on any atom is -0.393 e. The zero-order chi connectivity index (χ0) is 25.5. The molecular weight excluding hydrogens is 460 g/mol. The summed E-state index contributed by atoms with van der Waals surface area (Å²) in [6, 6.07) is 11.1. The van der Waals surface area contributed by atoms with Crippen molar-refractivity contribution in [1.82, 2.24) is 24.3 Å². The summed E-state index contributed by atoms with van der Waals surface area (Å²) in [7, 11) is 0. The first-order valence-corrected chi connectivity index (χ1v) is 13.3. The second-order valence-electron chi connectivity index (χ2n) is 10.3. The van der Waals surface area contributed by atoms with Gasteiger partial charge in [-0.25, -0.2) is 15.0 Å². The molecule has 1 aliphatic carbocycles. The zero-order valence-corrected chi connectivity index (χ0v) is 21.5. The van der Waals surface area contributed by atoms with Crippen molar-refractivity contribution in [3.8, 4) is 11.3 Å². The predicted octanol–water partition coefficient (Wildman–Crippen LogP) is 5.21. The summed E-state index contributed by atoms with van der Waals surface area (Å²) in [6.45, 7) is 6.02. The van der Waals surface area contributed by atoms with Crippen LogP contribution in [0, 0.1) is 0 Å². The van der Waals surface area contributed by atoms with Gasteiger partial charge in [0.25, 0.3) is 0 Å². The van der Waals surface area contributed by atoms with Gasteiger partial charge < -0.3 is 15.7 Å². The number of imidazole rings is 1. The van der Waals surface area contributed by atoms with Gasteiger partial charge in [0.15, 0.2) is 0 Å². The van der Waals surface area contributed by atoms with Crippen LogP contribution in [0.4, 0.5) is 5.82 Å². The number of aliphatic hydroxyl groups is 1. The number of aliphatic hydroxyl groups excluding tert-OH is 1. The Morgan fingerprint density at radius 2 is 1.86 bits per heavy atom. The molecule has 37 heavy (non-hydrogen) atoms. The first kappa shape index (κ1) is 23.8. The lowest BCUT2D eigenvalue weighted by Gasteiger charge is -2.44. The fourth-order valence-corrected chi connectivity index (χ4v) is 5.86. The van der Waals surface area contributed by atoms with E-state index in [-0.39, 0.29) is 6.10 Å². The van der Waals surface area contributed by atoms with Gasteiger partial charge in [-0.3, -0.25) is 4.40 Å². The molecule has 0 atom stereocenters. The van der Waals surface area contributed by atoms with Crippen molar-refractivity contribution in [3.63, 3.8) is 0 Å². The SMILES string of the molecule is C/C=C\C(=C/C)c1ccc2ccc(-c3nc(C4CC(N5CCC(O)CC5)C4)n4ccnc(N)c34)cc2n1. The molecule has 1 saturated carbocycles. The summed E-state index contributed by atoms with van der Waals surface area (Å²) < 4.78 is 2.14. The molecule has 3 N–H and O–H groups in total. The molecule has 0 unspecified atom stereocenters. The van der Waals surface area contributed by atoms with Crippen LogP contribution >= 0.6 is 0 Å². The molecule has 6 rings (SSSR count). The van der Waals surface area contributed by atoms with Crippen molar-refractivity contribution in [2.75, 3.05) is 18.8 Å². The van der Waals surface area contributed by atoms with E-state index >= 15 is 0 Å². The molecule has 7 nitrogen and oxygen atoms in total. The highest BCUT2D eigenvalue weighted by Gasteiger charge is 2.38. The highest BCUT2D eigenvalue weighted by Crippen LogP contribution is 2.42. The van der Waals surface area contributed by atoms with E-state index in [1.54, 1.807) is 6.20 Å². The molecule has 4 aromatic rings. The number of benzene rings is 1. The van der Waals surface area contributed by atoms with Gasteiger partial charge in [-0.05, 0) is 57.2 Å². The maximum absolute atomic E-state index is 9.86. The summed E-state index contributed by atoms with van der Waals surface area (Å²) >= 11 is 0. The van der Waals surface area contributed by atoms with E-state index in [4.69, 9.17) is 15.7 Å². The molecule has 7 heteroatoms. The van der Waals surface area contributed by atoms with Crippen molar-refractivity contribution in [2.24, 2.45) is 0 Å².